The fourth-order valence-corrected chi connectivity index (χ4v) is 3.93. The largest absolute Gasteiger partial charge is 0.325 e. The number of nitrogens with zero attached hydrogens (tertiary/aromatic N) is 4. The van der Waals surface area contributed by atoms with Crippen molar-refractivity contribution in [1.82, 2.24) is 14.5 Å². The van der Waals surface area contributed by atoms with E-state index in [9.17, 15) is 24.1 Å². The fourth-order valence-electron chi connectivity index (χ4n) is 3.13. The zero-order chi connectivity index (χ0) is 23.4. The molecule has 1 amide bonds. The van der Waals surface area contributed by atoms with Crippen molar-refractivity contribution in [3.05, 3.63) is 98.8 Å². The summed E-state index contributed by atoms with van der Waals surface area (Å²) in [6.07, 6.45) is 3.27. The number of benzene rings is 2. The van der Waals surface area contributed by atoms with Gasteiger partial charge in [-0.3, -0.25) is 29.3 Å². The molecule has 0 saturated carbocycles. The summed E-state index contributed by atoms with van der Waals surface area (Å²) >= 11 is 1.05. The zero-order valence-corrected chi connectivity index (χ0v) is 17.8. The second kappa shape index (κ2) is 9.57. The van der Waals surface area contributed by atoms with Crippen molar-refractivity contribution in [2.24, 2.45) is 0 Å². The van der Waals surface area contributed by atoms with Gasteiger partial charge in [0.1, 0.15) is 0 Å². The molecule has 9 nitrogen and oxygen atoms in total. The number of anilines is 1. The summed E-state index contributed by atoms with van der Waals surface area (Å²) < 4.78 is 15.0. The molecule has 2 aromatic heterocycles. The molecule has 0 aliphatic rings. The lowest BCUT2D eigenvalue weighted by Crippen LogP contribution is -2.25. The molecule has 33 heavy (non-hydrogen) atoms. The Hall–Kier alpha value is -4.12. The predicted octanol–water partition coefficient (Wildman–Crippen LogP) is 3.62. The summed E-state index contributed by atoms with van der Waals surface area (Å²) in [6.45, 7) is 0.221. The summed E-state index contributed by atoms with van der Waals surface area (Å²) in [6, 6.07) is 13.6. The van der Waals surface area contributed by atoms with Gasteiger partial charge in [-0.1, -0.05) is 30.0 Å². The Kier molecular flexibility index (Phi) is 6.41. The van der Waals surface area contributed by atoms with Crippen LogP contribution in [0.1, 0.15) is 5.56 Å². The van der Waals surface area contributed by atoms with E-state index in [4.69, 9.17) is 0 Å². The van der Waals surface area contributed by atoms with Gasteiger partial charge >= 0.3 is 5.69 Å². The molecule has 0 spiro atoms. The number of pyridine rings is 1. The molecule has 4 rings (SSSR count). The molecular formula is C22H16FN5O4S. The summed E-state index contributed by atoms with van der Waals surface area (Å²) in [7, 11) is 0. The number of carbonyl (C=O) groups excluding carboxylic acids is 1. The predicted molar refractivity (Wildman–Crippen MR) is 122 cm³/mol. The minimum Gasteiger partial charge on any atom is -0.325 e. The summed E-state index contributed by atoms with van der Waals surface area (Å²) in [5.74, 6) is -1.60. The van der Waals surface area contributed by atoms with Crippen LogP contribution in [0, 0.1) is 15.9 Å². The first-order valence-corrected chi connectivity index (χ1v) is 10.7. The van der Waals surface area contributed by atoms with Crippen molar-refractivity contribution in [3.8, 4) is 0 Å². The maximum Gasteiger partial charge on any atom is 0.306 e. The third-order valence-electron chi connectivity index (χ3n) is 4.65. The van der Waals surface area contributed by atoms with Gasteiger partial charge < -0.3 is 5.32 Å². The van der Waals surface area contributed by atoms with Gasteiger partial charge in [0.2, 0.25) is 11.7 Å². The molecule has 11 heteroatoms. The van der Waals surface area contributed by atoms with Gasteiger partial charge in [0.05, 0.1) is 28.1 Å². The number of para-hydroxylation sites is 1. The standard InChI is InChI=1S/C22H16FN5O4S/c23-17-8-7-15(10-19(17)28(31)32)25-20(29)13-33-22-26-18-6-2-1-5-16(18)21(30)27(22)12-14-4-3-9-24-11-14/h1-11H,12-13H2,(H,25,29). The van der Waals surface area contributed by atoms with Gasteiger partial charge in [-0.15, -0.1) is 0 Å². The first-order chi connectivity index (χ1) is 15.9. The highest BCUT2D eigenvalue weighted by Crippen LogP contribution is 2.23. The van der Waals surface area contributed by atoms with Crippen molar-refractivity contribution in [3.63, 3.8) is 0 Å². The number of nitrogens with one attached hydrogen (secondary N) is 1. The van der Waals surface area contributed by atoms with Gasteiger partial charge in [-0.05, 0) is 35.9 Å². The second-order valence-corrected chi connectivity index (χ2v) is 7.87. The molecule has 166 valence electrons. The SMILES string of the molecule is O=C(CSc1nc2ccccc2c(=O)n1Cc1cccnc1)Nc1ccc(F)c([N+](=O)[O-])c1. The van der Waals surface area contributed by atoms with Crippen molar-refractivity contribution < 1.29 is 14.1 Å². The average Bonchev–Trinajstić information content (AvgIpc) is 2.81. The van der Waals surface area contributed by atoms with E-state index < -0.39 is 22.3 Å². The Morgan fingerprint density at radius 2 is 2.00 bits per heavy atom. The van der Waals surface area contributed by atoms with Crippen LogP contribution in [0.2, 0.25) is 0 Å². The lowest BCUT2D eigenvalue weighted by molar-refractivity contribution is -0.387. The second-order valence-electron chi connectivity index (χ2n) is 6.92. The van der Waals surface area contributed by atoms with Gasteiger partial charge in [0.15, 0.2) is 5.16 Å². The molecule has 0 atom stereocenters. The van der Waals surface area contributed by atoms with Crippen LogP contribution in [-0.4, -0.2) is 31.1 Å². The highest BCUT2D eigenvalue weighted by Gasteiger charge is 2.17. The first-order valence-electron chi connectivity index (χ1n) is 9.67. The van der Waals surface area contributed by atoms with E-state index in [0.717, 1.165) is 29.5 Å². The summed E-state index contributed by atoms with van der Waals surface area (Å²) in [5.41, 5.74) is 0.403. The van der Waals surface area contributed by atoms with Gasteiger partial charge in [-0.2, -0.15) is 4.39 Å². The van der Waals surface area contributed by atoms with Crippen LogP contribution in [0.5, 0.6) is 0 Å². The molecule has 0 radical (unpaired) electrons. The van der Waals surface area contributed by atoms with Crippen molar-refractivity contribution in [1.29, 1.82) is 0 Å². The Morgan fingerprint density at radius 1 is 1.18 bits per heavy atom. The van der Waals surface area contributed by atoms with Crippen LogP contribution in [0.15, 0.2) is 76.9 Å². The van der Waals surface area contributed by atoms with Gasteiger partial charge in [-0.25, -0.2) is 4.98 Å². The number of rotatable bonds is 7. The number of nitro benzene ring substituents is 1. The summed E-state index contributed by atoms with van der Waals surface area (Å²) in [5, 5.41) is 14.2. The monoisotopic (exact) mass is 465 g/mol. The molecule has 0 bridgehead atoms. The number of nitro groups is 1. The van der Waals surface area contributed by atoms with Crippen LogP contribution in [-0.2, 0) is 11.3 Å². The van der Waals surface area contributed by atoms with Gasteiger partial charge in [0.25, 0.3) is 5.56 Å². The first kappa shape index (κ1) is 22.1. The van der Waals surface area contributed by atoms with E-state index in [-0.39, 0.29) is 23.5 Å². The highest BCUT2D eigenvalue weighted by atomic mass is 32.2. The average molecular weight is 465 g/mol. The van der Waals surface area contributed by atoms with Crippen LogP contribution >= 0.6 is 11.8 Å². The molecule has 0 aliphatic carbocycles. The third-order valence-corrected chi connectivity index (χ3v) is 5.63. The number of aromatic nitrogens is 3. The smallest absolute Gasteiger partial charge is 0.306 e. The molecule has 1 N–H and O–H groups in total. The molecule has 2 heterocycles. The van der Waals surface area contributed by atoms with Crippen LogP contribution in [0.4, 0.5) is 15.8 Å². The molecule has 0 fully saturated rings. The topological polar surface area (TPSA) is 120 Å². The van der Waals surface area contributed by atoms with E-state index in [1.807, 2.05) is 6.07 Å². The van der Waals surface area contributed by atoms with E-state index in [2.05, 4.69) is 15.3 Å². The van der Waals surface area contributed by atoms with E-state index in [1.54, 1.807) is 42.7 Å². The number of hydrogen-bond donors (Lipinski definition) is 1. The third kappa shape index (κ3) is 5.04. The number of hydrogen-bond acceptors (Lipinski definition) is 7. The number of halogens is 1. The van der Waals surface area contributed by atoms with E-state index in [1.165, 1.54) is 10.6 Å². The maximum absolute atomic E-state index is 13.5. The van der Waals surface area contributed by atoms with Crippen molar-refractivity contribution in [2.45, 2.75) is 11.7 Å². The summed E-state index contributed by atoms with van der Waals surface area (Å²) in [4.78, 5) is 44.2. The molecule has 0 unspecified atom stereocenters. The quantitative estimate of drug-likeness (QED) is 0.192. The molecule has 0 saturated heterocycles. The minimum absolute atomic E-state index is 0.0907. The Bertz CT molecular complexity index is 1410. The van der Waals surface area contributed by atoms with E-state index in [0.29, 0.717) is 16.1 Å². The Balaban J connectivity index is 1.58. The number of thioether (sulfide) groups is 1. The zero-order valence-electron chi connectivity index (χ0n) is 17.0. The maximum atomic E-state index is 13.5. The highest BCUT2D eigenvalue weighted by molar-refractivity contribution is 7.99. The Morgan fingerprint density at radius 3 is 2.76 bits per heavy atom. The molecule has 2 aromatic carbocycles. The van der Waals surface area contributed by atoms with Crippen molar-refractivity contribution in [2.75, 3.05) is 11.1 Å². The van der Waals surface area contributed by atoms with Crippen LogP contribution < -0.4 is 10.9 Å². The molecule has 0 aliphatic heterocycles. The number of carbonyl (C=O) groups is 1. The van der Waals surface area contributed by atoms with Gasteiger partial charge in [0, 0.05) is 24.1 Å². The van der Waals surface area contributed by atoms with Crippen molar-refractivity contribution >= 4 is 39.9 Å². The molecular weight excluding hydrogens is 449 g/mol. The normalized spacial score (nSPS) is 10.8. The lowest BCUT2D eigenvalue weighted by Gasteiger charge is -2.13. The van der Waals surface area contributed by atoms with Crippen LogP contribution in [0.25, 0.3) is 10.9 Å². The Labute approximate surface area is 190 Å². The van der Waals surface area contributed by atoms with Crippen LogP contribution in [0.3, 0.4) is 0 Å². The lowest BCUT2D eigenvalue weighted by atomic mass is 10.2. The number of fused-ring (bicyclic) bond motifs is 1. The minimum atomic E-state index is -0.993. The number of amides is 1. The fraction of sp³-hybridized carbons (Fsp3) is 0.0909. The van der Waals surface area contributed by atoms with E-state index >= 15 is 0 Å². The molecule has 4 aromatic rings.